The molecular formula is C21H26N4O5S2. The fourth-order valence-corrected chi connectivity index (χ4v) is 3.58. The molecule has 3 N–H and O–H groups in total. The second kappa shape index (κ2) is 11.5. The third-order valence-corrected chi connectivity index (χ3v) is 5.05. The predicted octanol–water partition coefficient (Wildman–Crippen LogP) is 3.62. The van der Waals surface area contributed by atoms with Crippen molar-refractivity contribution in [2.24, 2.45) is 4.99 Å². The van der Waals surface area contributed by atoms with Crippen molar-refractivity contribution in [2.75, 3.05) is 39.9 Å². The normalized spacial score (nSPS) is 11.2. The zero-order valence-electron chi connectivity index (χ0n) is 18.4. The maximum Gasteiger partial charge on any atom is 0.261 e. The zero-order chi connectivity index (χ0) is 23.7. The van der Waals surface area contributed by atoms with Gasteiger partial charge in [-0.05, 0) is 54.1 Å². The minimum atomic E-state index is -3.67. The first-order valence-corrected chi connectivity index (χ1v) is 12.0. The molecule has 1 heterocycles. The molecule has 0 bridgehead atoms. The van der Waals surface area contributed by atoms with Crippen LogP contribution in [0.2, 0.25) is 0 Å². The Morgan fingerprint density at radius 1 is 1.00 bits per heavy atom. The summed E-state index contributed by atoms with van der Waals surface area (Å²) in [5, 5.41) is 7.00. The third-order valence-electron chi connectivity index (χ3n) is 4.03. The second-order valence-corrected chi connectivity index (χ2v) is 8.80. The Balaban J connectivity index is 0.000000654. The van der Waals surface area contributed by atoms with Crippen molar-refractivity contribution in [1.82, 2.24) is 10.3 Å². The Labute approximate surface area is 191 Å². The first-order valence-electron chi connectivity index (χ1n) is 9.32. The molecule has 0 aliphatic carbocycles. The highest BCUT2D eigenvalue weighted by molar-refractivity contribution is 7.85. The van der Waals surface area contributed by atoms with Gasteiger partial charge < -0.3 is 20.1 Å². The van der Waals surface area contributed by atoms with Crippen molar-refractivity contribution in [3.63, 3.8) is 0 Å². The SMILES string of the molecule is C/N=C(/NC)Nc1nc(-c2ccc(OC)cc2)c(-c2ccc(OC)cc2)s1.CS(=O)(=O)O. The average Bonchev–Trinajstić information content (AvgIpc) is 3.20. The van der Waals surface area contributed by atoms with E-state index in [0.29, 0.717) is 12.2 Å². The van der Waals surface area contributed by atoms with E-state index in [4.69, 9.17) is 19.0 Å². The number of nitrogens with zero attached hydrogens (tertiary/aromatic N) is 2. The molecule has 172 valence electrons. The number of hydrogen-bond donors (Lipinski definition) is 3. The molecule has 32 heavy (non-hydrogen) atoms. The van der Waals surface area contributed by atoms with Crippen LogP contribution in [0.15, 0.2) is 53.5 Å². The summed E-state index contributed by atoms with van der Waals surface area (Å²) in [5.41, 5.74) is 3.00. The topological polar surface area (TPSA) is 122 Å². The van der Waals surface area contributed by atoms with Gasteiger partial charge in [0.2, 0.25) is 0 Å². The van der Waals surface area contributed by atoms with Gasteiger partial charge in [0, 0.05) is 19.7 Å². The molecule has 11 heteroatoms. The van der Waals surface area contributed by atoms with Gasteiger partial charge in [-0.2, -0.15) is 8.42 Å². The smallest absolute Gasteiger partial charge is 0.261 e. The van der Waals surface area contributed by atoms with Gasteiger partial charge in [-0.1, -0.05) is 11.3 Å². The van der Waals surface area contributed by atoms with Crippen LogP contribution in [0, 0.1) is 0 Å². The van der Waals surface area contributed by atoms with Gasteiger partial charge in [0.25, 0.3) is 10.1 Å². The molecule has 0 saturated carbocycles. The number of benzene rings is 2. The average molecular weight is 479 g/mol. The van der Waals surface area contributed by atoms with E-state index in [0.717, 1.165) is 38.3 Å². The van der Waals surface area contributed by atoms with Crippen LogP contribution in [0.3, 0.4) is 0 Å². The van der Waals surface area contributed by atoms with Crippen molar-refractivity contribution in [2.45, 2.75) is 0 Å². The summed E-state index contributed by atoms with van der Waals surface area (Å²) < 4.78 is 36.4. The van der Waals surface area contributed by atoms with Gasteiger partial charge >= 0.3 is 0 Å². The minimum Gasteiger partial charge on any atom is -0.497 e. The fraction of sp³-hybridized carbons (Fsp3) is 0.238. The first-order chi connectivity index (χ1) is 15.2. The summed E-state index contributed by atoms with van der Waals surface area (Å²) in [6, 6.07) is 15.9. The highest BCUT2D eigenvalue weighted by atomic mass is 32.2. The zero-order valence-corrected chi connectivity index (χ0v) is 20.0. The summed E-state index contributed by atoms with van der Waals surface area (Å²) in [6.07, 6.45) is 0.715. The molecule has 3 aromatic rings. The number of rotatable bonds is 5. The highest BCUT2D eigenvalue weighted by Crippen LogP contribution is 2.39. The molecule has 1 aromatic heterocycles. The first kappa shape index (κ1) is 25.1. The lowest BCUT2D eigenvalue weighted by Gasteiger charge is -2.05. The van der Waals surface area contributed by atoms with E-state index in [2.05, 4.69) is 15.6 Å². The molecule has 9 nitrogen and oxygen atoms in total. The summed E-state index contributed by atoms with van der Waals surface area (Å²) >= 11 is 1.57. The van der Waals surface area contributed by atoms with Gasteiger partial charge in [-0.25, -0.2) is 4.98 Å². The Bertz CT molecular complexity index is 1070. The van der Waals surface area contributed by atoms with Crippen LogP contribution in [0.5, 0.6) is 11.5 Å². The Kier molecular flexibility index (Phi) is 9.00. The van der Waals surface area contributed by atoms with Crippen LogP contribution in [-0.2, 0) is 10.1 Å². The molecule has 0 saturated heterocycles. The molecule has 0 aliphatic heterocycles. The molecule has 0 radical (unpaired) electrons. The van der Waals surface area contributed by atoms with Gasteiger partial charge in [-0.3, -0.25) is 9.55 Å². The molecule has 3 rings (SSSR count). The van der Waals surface area contributed by atoms with E-state index in [1.54, 1.807) is 32.6 Å². The molecular weight excluding hydrogens is 452 g/mol. The van der Waals surface area contributed by atoms with E-state index in [1.807, 2.05) is 55.6 Å². The number of hydrogen-bond acceptors (Lipinski definition) is 7. The van der Waals surface area contributed by atoms with Crippen LogP contribution in [-0.4, -0.2) is 58.5 Å². The molecule has 0 aliphatic rings. The number of ether oxygens (including phenoxy) is 2. The number of nitrogens with one attached hydrogen (secondary N) is 2. The van der Waals surface area contributed by atoms with Gasteiger partial charge in [-0.15, -0.1) is 0 Å². The highest BCUT2D eigenvalue weighted by Gasteiger charge is 2.16. The number of aliphatic imine (C=N–C) groups is 1. The Morgan fingerprint density at radius 2 is 1.47 bits per heavy atom. The molecule has 0 fully saturated rings. The quantitative estimate of drug-likeness (QED) is 0.289. The molecule has 0 atom stereocenters. The maximum absolute atomic E-state index is 9.19. The van der Waals surface area contributed by atoms with Crippen LogP contribution in [0.1, 0.15) is 0 Å². The number of anilines is 1. The predicted molar refractivity (Wildman–Crippen MR) is 130 cm³/mol. The lowest BCUT2D eigenvalue weighted by Crippen LogP contribution is -2.26. The van der Waals surface area contributed by atoms with Gasteiger partial charge in [0.1, 0.15) is 11.5 Å². The van der Waals surface area contributed by atoms with E-state index < -0.39 is 10.1 Å². The summed E-state index contributed by atoms with van der Waals surface area (Å²) in [6.45, 7) is 0. The van der Waals surface area contributed by atoms with Crippen LogP contribution >= 0.6 is 11.3 Å². The number of thiazole rings is 1. The van der Waals surface area contributed by atoms with E-state index in [1.165, 1.54) is 0 Å². The van der Waals surface area contributed by atoms with E-state index >= 15 is 0 Å². The van der Waals surface area contributed by atoms with Crippen molar-refractivity contribution < 1.29 is 22.4 Å². The summed E-state index contributed by atoms with van der Waals surface area (Å²) in [7, 11) is 3.20. The summed E-state index contributed by atoms with van der Waals surface area (Å²) in [5.74, 6) is 2.29. The largest absolute Gasteiger partial charge is 0.497 e. The van der Waals surface area contributed by atoms with Crippen molar-refractivity contribution in [1.29, 1.82) is 0 Å². The number of aromatic nitrogens is 1. The molecule has 0 amide bonds. The monoisotopic (exact) mass is 478 g/mol. The second-order valence-electron chi connectivity index (χ2n) is 6.33. The standard InChI is InChI=1S/C20H22N4O2S.CH4O3S/c1-21-19(22-2)24-20-23-17(13-5-9-15(25-3)10-6-13)18(27-20)14-7-11-16(26-4)12-8-14;1-5(2,3)4/h5-12H,1-4H3,(H2,21,22,23,24);1H3,(H,2,3,4). The molecule has 2 aromatic carbocycles. The third kappa shape index (κ3) is 7.52. The van der Waals surface area contributed by atoms with Crippen LogP contribution in [0.4, 0.5) is 5.13 Å². The number of guanidine groups is 1. The van der Waals surface area contributed by atoms with Crippen molar-refractivity contribution in [3.8, 4) is 33.2 Å². The lowest BCUT2D eigenvalue weighted by molar-refractivity contribution is 0.414. The van der Waals surface area contributed by atoms with Crippen molar-refractivity contribution >= 4 is 32.5 Å². The maximum atomic E-state index is 9.19. The Hall–Kier alpha value is -3.15. The van der Waals surface area contributed by atoms with E-state index in [9.17, 15) is 8.42 Å². The van der Waals surface area contributed by atoms with E-state index in [-0.39, 0.29) is 0 Å². The van der Waals surface area contributed by atoms with Gasteiger partial charge in [0.15, 0.2) is 11.1 Å². The fourth-order valence-electron chi connectivity index (χ4n) is 2.59. The summed E-state index contributed by atoms with van der Waals surface area (Å²) in [4.78, 5) is 10.0. The lowest BCUT2D eigenvalue weighted by atomic mass is 10.1. The minimum absolute atomic E-state index is 0.659. The van der Waals surface area contributed by atoms with Crippen LogP contribution in [0.25, 0.3) is 21.7 Å². The molecule has 0 unspecified atom stereocenters. The Morgan fingerprint density at radius 3 is 1.88 bits per heavy atom. The number of methoxy groups -OCH3 is 2. The van der Waals surface area contributed by atoms with Crippen molar-refractivity contribution in [3.05, 3.63) is 48.5 Å². The van der Waals surface area contributed by atoms with Gasteiger partial charge in [0.05, 0.1) is 31.0 Å². The van der Waals surface area contributed by atoms with Crippen LogP contribution < -0.4 is 20.1 Å². The molecule has 0 spiro atoms.